The van der Waals surface area contributed by atoms with E-state index in [1.54, 1.807) is 0 Å². The average molecular weight is 196 g/mol. The van der Waals surface area contributed by atoms with Crippen LogP contribution in [0.25, 0.3) is 0 Å². The first-order valence-corrected chi connectivity index (χ1v) is 6.01. The maximum Gasteiger partial charge on any atom is 0.0570 e. The van der Waals surface area contributed by atoms with Gasteiger partial charge in [-0.2, -0.15) is 0 Å². The number of hydrogen-bond acceptors (Lipinski definition) is 3. The molecule has 2 heterocycles. The van der Waals surface area contributed by atoms with Crippen LogP contribution in [-0.2, 0) is 0 Å². The summed E-state index contributed by atoms with van der Waals surface area (Å²) in [5.74, 6) is 0. The number of hydrogen-bond donors (Lipinski definition) is 2. The van der Waals surface area contributed by atoms with Crippen molar-refractivity contribution < 1.29 is 5.11 Å². The Kier molecular flexibility index (Phi) is 2.26. The van der Waals surface area contributed by atoms with Crippen LogP contribution in [0.4, 0.5) is 0 Å². The molecule has 3 fully saturated rings. The van der Waals surface area contributed by atoms with Gasteiger partial charge in [-0.15, -0.1) is 0 Å². The Labute approximate surface area is 85.5 Å². The van der Waals surface area contributed by atoms with Crippen molar-refractivity contribution in [3.63, 3.8) is 0 Å². The van der Waals surface area contributed by atoms with E-state index in [1.165, 1.54) is 32.4 Å². The standard InChI is InChI=1S/C11H20N2O/c14-9-6-8(7-9)12-10-3-5-13-4-1-2-11(10)13/h8-12,14H,1-7H2. The molecule has 2 N–H and O–H groups in total. The number of aliphatic hydroxyl groups is 1. The van der Waals surface area contributed by atoms with Gasteiger partial charge in [-0.05, 0) is 38.6 Å². The van der Waals surface area contributed by atoms with Crippen molar-refractivity contribution in [1.29, 1.82) is 0 Å². The minimum Gasteiger partial charge on any atom is -0.393 e. The van der Waals surface area contributed by atoms with Crippen molar-refractivity contribution >= 4 is 0 Å². The zero-order valence-corrected chi connectivity index (χ0v) is 8.65. The minimum atomic E-state index is -0.0198. The lowest BCUT2D eigenvalue weighted by Gasteiger charge is -2.36. The third-order valence-electron chi connectivity index (χ3n) is 4.17. The summed E-state index contributed by atoms with van der Waals surface area (Å²) in [6, 6.07) is 2.14. The molecule has 1 saturated carbocycles. The molecule has 3 heteroatoms. The van der Waals surface area contributed by atoms with E-state index >= 15 is 0 Å². The first-order chi connectivity index (χ1) is 6.83. The van der Waals surface area contributed by atoms with Crippen LogP contribution in [0.15, 0.2) is 0 Å². The molecular weight excluding hydrogens is 176 g/mol. The largest absolute Gasteiger partial charge is 0.393 e. The Morgan fingerprint density at radius 1 is 1.14 bits per heavy atom. The van der Waals surface area contributed by atoms with E-state index in [0.717, 1.165) is 24.9 Å². The summed E-state index contributed by atoms with van der Waals surface area (Å²) >= 11 is 0. The fourth-order valence-corrected chi connectivity index (χ4v) is 3.30. The van der Waals surface area contributed by atoms with E-state index in [9.17, 15) is 5.11 Å². The summed E-state index contributed by atoms with van der Waals surface area (Å²) in [4.78, 5) is 2.63. The molecule has 2 unspecified atom stereocenters. The molecule has 2 atom stereocenters. The van der Waals surface area contributed by atoms with Gasteiger partial charge in [0.1, 0.15) is 0 Å². The fraction of sp³-hybridized carbons (Fsp3) is 1.00. The van der Waals surface area contributed by atoms with E-state index in [4.69, 9.17) is 0 Å². The van der Waals surface area contributed by atoms with E-state index in [0.29, 0.717) is 6.04 Å². The highest BCUT2D eigenvalue weighted by atomic mass is 16.3. The highest BCUT2D eigenvalue weighted by Crippen LogP contribution is 2.30. The summed E-state index contributed by atoms with van der Waals surface area (Å²) in [6.07, 6.45) is 6.01. The van der Waals surface area contributed by atoms with E-state index in [2.05, 4.69) is 10.2 Å². The lowest BCUT2D eigenvalue weighted by atomic mass is 9.88. The Morgan fingerprint density at radius 2 is 2.00 bits per heavy atom. The summed E-state index contributed by atoms with van der Waals surface area (Å²) < 4.78 is 0. The zero-order chi connectivity index (χ0) is 9.54. The highest BCUT2D eigenvalue weighted by molar-refractivity contribution is 4.98. The second-order valence-corrected chi connectivity index (χ2v) is 5.13. The molecule has 14 heavy (non-hydrogen) atoms. The number of nitrogens with one attached hydrogen (secondary N) is 1. The Hall–Kier alpha value is -0.120. The second kappa shape index (κ2) is 3.47. The molecule has 2 aliphatic heterocycles. The van der Waals surface area contributed by atoms with E-state index in [1.807, 2.05) is 0 Å². The first-order valence-electron chi connectivity index (χ1n) is 6.01. The summed E-state index contributed by atoms with van der Waals surface area (Å²) in [5.41, 5.74) is 0. The fourth-order valence-electron chi connectivity index (χ4n) is 3.30. The van der Waals surface area contributed by atoms with Crippen molar-refractivity contribution in [2.24, 2.45) is 0 Å². The monoisotopic (exact) mass is 196 g/mol. The van der Waals surface area contributed by atoms with Crippen LogP contribution in [0.2, 0.25) is 0 Å². The average Bonchev–Trinajstić information content (AvgIpc) is 2.66. The van der Waals surface area contributed by atoms with Crippen LogP contribution in [0.1, 0.15) is 32.1 Å². The van der Waals surface area contributed by atoms with Gasteiger partial charge in [0.2, 0.25) is 0 Å². The number of fused-ring (bicyclic) bond motifs is 1. The zero-order valence-electron chi connectivity index (χ0n) is 8.65. The normalized spacial score (nSPS) is 47.8. The van der Waals surface area contributed by atoms with Gasteiger partial charge in [0.15, 0.2) is 0 Å². The number of aliphatic hydroxyl groups excluding tert-OH is 1. The molecule has 0 aromatic carbocycles. The Bertz CT molecular complexity index is 215. The van der Waals surface area contributed by atoms with Crippen molar-refractivity contribution in [3.8, 4) is 0 Å². The van der Waals surface area contributed by atoms with Crippen LogP contribution in [0.5, 0.6) is 0 Å². The molecule has 3 rings (SSSR count). The third kappa shape index (κ3) is 1.47. The van der Waals surface area contributed by atoms with Crippen LogP contribution in [0.3, 0.4) is 0 Å². The predicted octanol–water partition coefficient (Wildman–Crippen LogP) is 0.336. The topological polar surface area (TPSA) is 35.5 Å². The van der Waals surface area contributed by atoms with Crippen LogP contribution >= 0.6 is 0 Å². The highest BCUT2D eigenvalue weighted by Gasteiger charge is 2.39. The molecule has 0 spiro atoms. The minimum absolute atomic E-state index is 0.0198. The molecular formula is C11H20N2O. The van der Waals surface area contributed by atoms with Crippen molar-refractivity contribution in [2.45, 2.75) is 56.3 Å². The maximum atomic E-state index is 9.23. The van der Waals surface area contributed by atoms with Gasteiger partial charge in [0.25, 0.3) is 0 Å². The summed E-state index contributed by atoms with van der Waals surface area (Å²) in [5, 5.41) is 12.9. The molecule has 0 aromatic rings. The quantitative estimate of drug-likeness (QED) is 0.668. The molecule has 3 aliphatic rings. The molecule has 3 nitrogen and oxygen atoms in total. The SMILES string of the molecule is OC1CC(NC2CCN3CCCC23)C1. The lowest BCUT2D eigenvalue weighted by molar-refractivity contribution is 0.0560. The Morgan fingerprint density at radius 3 is 2.79 bits per heavy atom. The van der Waals surface area contributed by atoms with Crippen LogP contribution in [-0.4, -0.2) is 47.3 Å². The number of nitrogens with zero attached hydrogens (tertiary/aromatic N) is 1. The van der Waals surface area contributed by atoms with Gasteiger partial charge in [-0.25, -0.2) is 0 Å². The van der Waals surface area contributed by atoms with E-state index < -0.39 is 0 Å². The van der Waals surface area contributed by atoms with Crippen LogP contribution < -0.4 is 5.32 Å². The van der Waals surface area contributed by atoms with Gasteiger partial charge in [0, 0.05) is 24.7 Å². The summed E-state index contributed by atoms with van der Waals surface area (Å²) in [7, 11) is 0. The molecule has 0 bridgehead atoms. The smallest absolute Gasteiger partial charge is 0.0570 e. The van der Waals surface area contributed by atoms with Crippen molar-refractivity contribution in [1.82, 2.24) is 10.2 Å². The first kappa shape index (κ1) is 9.13. The molecule has 2 saturated heterocycles. The second-order valence-electron chi connectivity index (χ2n) is 5.13. The maximum absolute atomic E-state index is 9.23. The van der Waals surface area contributed by atoms with Gasteiger partial charge >= 0.3 is 0 Å². The predicted molar refractivity (Wildman–Crippen MR) is 55.2 cm³/mol. The molecule has 80 valence electrons. The Balaban J connectivity index is 1.53. The van der Waals surface area contributed by atoms with Crippen molar-refractivity contribution in [2.75, 3.05) is 13.1 Å². The van der Waals surface area contributed by atoms with Gasteiger partial charge in [-0.3, -0.25) is 4.90 Å². The van der Waals surface area contributed by atoms with E-state index in [-0.39, 0.29) is 6.10 Å². The molecule has 0 amide bonds. The molecule has 0 radical (unpaired) electrons. The van der Waals surface area contributed by atoms with Crippen molar-refractivity contribution in [3.05, 3.63) is 0 Å². The molecule has 0 aromatic heterocycles. The third-order valence-corrected chi connectivity index (χ3v) is 4.17. The molecule has 1 aliphatic carbocycles. The van der Waals surface area contributed by atoms with Gasteiger partial charge in [0.05, 0.1) is 6.10 Å². The van der Waals surface area contributed by atoms with Crippen LogP contribution in [0, 0.1) is 0 Å². The lowest BCUT2D eigenvalue weighted by Crippen LogP contribution is -2.51. The van der Waals surface area contributed by atoms with Gasteiger partial charge < -0.3 is 10.4 Å². The summed E-state index contributed by atoms with van der Waals surface area (Å²) in [6.45, 7) is 2.60. The van der Waals surface area contributed by atoms with Gasteiger partial charge in [-0.1, -0.05) is 0 Å². The number of rotatable bonds is 2.